The maximum Gasteiger partial charge on any atom is 0.412 e. The Morgan fingerprint density at radius 1 is 0.852 bits per heavy atom. The van der Waals surface area contributed by atoms with Crippen LogP contribution in [-0.4, -0.2) is 63.5 Å². The Bertz CT molecular complexity index is 2070. The average molecular weight is 724 g/mol. The third kappa shape index (κ3) is 8.52. The summed E-state index contributed by atoms with van der Waals surface area (Å²) in [5, 5.41) is 9.11. The van der Waals surface area contributed by atoms with E-state index in [9.17, 15) is 14.4 Å². The average Bonchev–Trinajstić information content (AvgIpc) is 3.58. The van der Waals surface area contributed by atoms with E-state index in [0.29, 0.717) is 36.8 Å². The standard InChI is InChI=1S/C43H45N7O4/c1-43(2,3)54-42(53)48-37-19-18-30(29-12-6-4-7-13-29)24-38(37)47-40(52)32-27-45-41(46-28-32)50(33-14-8-5-9-15-33)34-20-22-49(23-21-34)39(51)25-31-26-44-36-17-11-10-16-35(31)36/h4-19,24,26-28,34-36,44H,20-23,25H2,1-3H3,(H,47,52)(H,48,53). The Hall–Kier alpha value is -6.23. The molecule has 0 spiro atoms. The van der Waals surface area contributed by atoms with Crippen molar-refractivity contribution in [1.82, 2.24) is 20.2 Å². The van der Waals surface area contributed by atoms with Gasteiger partial charge < -0.3 is 25.2 Å². The third-order valence-electron chi connectivity index (χ3n) is 9.72. The molecule has 3 amide bonds. The van der Waals surface area contributed by atoms with Crippen LogP contribution in [0.15, 0.2) is 127 Å². The Kier molecular flexibility index (Phi) is 10.6. The largest absolute Gasteiger partial charge is 0.444 e. The van der Waals surface area contributed by atoms with Crippen molar-refractivity contribution in [3.05, 3.63) is 133 Å². The number of fused-ring (bicyclic) bond motifs is 1. The summed E-state index contributed by atoms with van der Waals surface area (Å²) in [4.78, 5) is 53.2. The summed E-state index contributed by atoms with van der Waals surface area (Å²) in [6.45, 7) is 6.61. The number of benzene rings is 3. The van der Waals surface area contributed by atoms with Crippen molar-refractivity contribution in [1.29, 1.82) is 0 Å². The van der Waals surface area contributed by atoms with Gasteiger partial charge in [-0.1, -0.05) is 78.9 Å². The summed E-state index contributed by atoms with van der Waals surface area (Å²) in [5.74, 6) is 0.395. The van der Waals surface area contributed by atoms with E-state index in [0.717, 1.165) is 35.2 Å². The van der Waals surface area contributed by atoms with Gasteiger partial charge in [-0.2, -0.15) is 0 Å². The lowest BCUT2D eigenvalue weighted by molar-refractivity contribution is -0.131. The summed E-state index contributed by atoms with van der Waals surface area (Å²) in [6.07, 6.45) is 14.7. The van der Waals surface area contributed by atoms with Crippen LogP contribution >= 0.6 is 0 Å². The Labute approximate surface area is 315 Å². The van der Waals surface area contributed by atoms with E-state index in [1.165, 1.54) is 12.4 Å². The fourth-order valence-electron chi connectivity index (χ4n) is 7.06. The second-order valence-electron chi connectivity index (χ2n) is 14.7. The van der Waals surface area contributed by atoms with Gasteiger partial charge in [0.15, 0.2) is 0 Å². The first-order chi connectivity index (χ1) is 26.1. The zero-order valence-corrected chi connectivity index (χ0v) is 30.7. The Morgan fingerprint density at radius 3 is 2.24 bits per heavy atom. The molecule has 3 N–H and O–H groups in total. The lowest BCUT2D eigenvalue weighted by Gasteiger charge is -2.38. The van der Waals surface area contributed by atoms with E-state index in [4.69, 9.17) is 4.74 Å². The summed E-state index contributed by atoms with van der Waals surface area (Å²) in [7, 11) is 0. The van der Waals surface area contributed by atoms with Crippen molar-refractivity contribution in [3.8, 4) is 11.1 Å². The van der Waals surface area contributed by atoms with Gasteiger partial charge in [-0.3, -0.25) is 14.9 Å². The minimum absolute atomic E-state index is 0.0431. The Morgan fingerprint density at radius 2 is 1.54 bits per heavy atom. The maximum absolute atomic E-state index is 13.7. The molecule has 1 aromatic heterocycles. The Balaban J connectivity index is 1.05. The highest BCUT2D eigenvalue weighted by molar-refractivity contribution is 6.07. The van der Waals surface area contributed by atoms with E-state index in [-0.39, 0.29) is 29.5 Å². The molecule has 4 aromatic rings. The zero-order chi connectivity index (χ0) is 37.7. The highest BCUT2D eigenvalue weighted by atomic mass is 16.6. The summed E-state index contributed by atoms with van der Waals surface area (Å²) in [5.41, 5.74) is 4.21. The molecule has 54 heavy (non-hydrogen) atoms. The lowest BCUT2D eigenvalue weighted by Crippen LogP contribution is -2.46. The summed E-state index contributed by atoms with van der Waals surface area (Å²) in [6, 6.07) is 25.4. The molecule has 11 heteroatoms. The monoisotopic (exact) mass is 723 g/mol. The van der Waals surface area contributed by atoms with Gasteiger partial charge in [0, 0.05) is 43.1 Å². The topological polar surface area (TPSA) is 129 Å². The molecule has 3 aromatic carbocycles. The number of rotatable bonds is 9. The molecule has 3 heterocycles. The van der Waals surface area contributed by atoms with Crippen LogP contribution < -0.4 is 20.9 Å². The van der Waals surface area contributed by atoms with Crippen molar-refractivity contribution in [3.63, 3.8) is 0 Å². The van der Waals surface area contributed by atoms with Gasteiger partial charge in [-0.15, -0.1) is 0 Å². The first-order valence-electron chi connectivity index (χ1n) is 18.4. The smallest absolute Gasteiger partial charge is 0.412 e. The number of carbonyl (C=O) groups is 3. The van der Waals surface area contributed by atoms with Crippen LogP contribution in [0.25, 0.3) is 11.1 Å². The number of aromatic nitrogens is 2. The number of nitrogens with one attached hydrogen (secondary N) is 3. The van der Waals surface area contributed by atoms with Gasteiger partial charge in [0.05, 0.1) is 29.4 Å². The van der Waals surface area contributed by atoms with Crippen molar-refractivity contribution in [2.75, 3.05) is 28.6 Å². The highest BCUT2D eigenvalue weighted by Crippen LogP contribution is 2.33. The molecule has 1 saturated heterocycles. The normalized spacial score (nSPS) is 17.9. The SMILES string of the molecule is CC(C)(C)OC(=O)Nc1ccc(-c2ccccc2)cc1NC(=O)c1cnc(N(c2ccccc2)C2CCN(C(=O)CC3=CNC4C=CC=CC34)CC2)nc1. The fourth-order valence-corrected chi connectivity index (χ4v) is 7.06. The van der Waals surface area contributed by atoms with E-state index < -0.39 is 17.6 Å². The number of hydrogen-bond donors (Lipinski definition) is 3. The zero-order valence-electron chi connectivity index (χ0n) is 30.7. The van der Waals surface area contributed by atoms with Crippen molar-refractivity contribution < 1.29 is 19.1 Å². The summed E-state index contributed by atoms with van der Waals surface area (Å²) >= 11 is 0. The number of allylic oxidation sites excluding steroid dienone is 2. The first-order valence-corrected chi connectivity index (χ1v) is 18.4. The van der Waals surface area contributed by atoms with Crippen LogP contribution in [0, 0.1) is 5.92 Å². The number of piperidine rings is 1. The molecule has 0 bridgehead atoms. The number of para-hydroxylation sites is 1. The molecule has 2 unspecified atom stereocenters. The number of nitrogens with zero attached hydrogens (tertiary/aromatic N) is 4. The molecule has 0 saturated carbocycles. The van der Waals surface area contributed by atoms with Crippen LogP contribution in [0.4, 0.5) is 27.8 Å². The summed E-state index contributed by atoms with van der Waals surface area (Å²) < 4.78 is 5.47. The molecule has 2 atom stereocenters. The van der Waals surface area contributed by atoms with Crippen LogP contribution in [0.5, 0.6) is 0 Å². The molecular formula is C43H45N7O4. The third-order valence-corrected chi connectivity index (χ3v) is 9.72. The molecule has 0 radical (unpaired) electrons. The lowest BCUT2D eigenvalue weighted by atomic mass is 9.89. The molecule has 7 rings (SSSR count). The van der Waals surface area contributed by atoms with Crippen molar-refractivity contribution in [2.45, 2.75) is 57.7 Å². The van der Waals surface area contributed by atoms with Crippen LogP contribution in [-0.2, 0) is 9.53 Å². The van der Waals surface area contributed by atoms with Crippen LogP contribution in [0.2, 0.25) is 0 Å². The molecule has 1 fully saturated rings. The highest BCUT2D eigenvalue weighted by Gasteiger charge is 2.33. The van der Waals surface area contributed by atoms with Gasteiger partial charge in [0.25, 0.3) is 5.91 Å². The minimum atomic E-state index is -0.696. The van der Waals surface area contributed by atoms with E-state index in [2.05, 4.69) is 43.0 Å². The van der Waals surface area contributed by atoms with Crippen molar-refractivity contribution >= 4 is 40.9 Å². The fraction of sp³-hybridized carbons (Fsp3) is 0.279. The predicted molar refractivity (Wildman–Crippen MR) is 211 cm³/mol. The van der Waals surface area contributed by atoms with E-state index in [1.807, 2.05) is 96.0 Å². The molecule has 2 aliphatic heterocycles. The molecule has 1 aliphatic carbocycles. The number of anilines is 4. The van der Waals surface area contributed by atoms with Gasteiger partial charge in [-0.05, 0) is 80.8 Å². The number of carbonyl (C=O) groups excluding carboxylic acids is 3. The predicted octanol–water partition coefficient (Wildman–Crippen LogP) is 7.86. The van der Waals surface area contributed by atoms with E-state index in [1.54, 1.807) is 26.8 Å². The van der Waals surface area contributed by atoms with Gasteiger partial charge >= 0.3 is 6.09 Å². The second kappa shape index (κ2) is 15.8. The number of ether oxygens (including phenoxy) is 1. The maximum atomic E-state index is 13.7. The molecular weight excluding hydrogens is 679 g/mol. The molecule has 11 nitrogen and oxygen atoms in total. The first kappa shape index (κ1) is 36.1. The van der Waals surface area contributed by atoms with Crippen molar-refractivity contribution in [2.24, 2.45) is 5.92 Å². The number of hydrogen-bond acceptors (Lipinski definition) is 8. The quantitative estimate of drug-likeness (QED) is 0.159. The second-order valence-corrected chi connectivity index (χ2v) is 14.7. The number of likely N-dealkylation sites (tertiary alicyclic amines) is 1. The molecule has 276 valence electrons. The van der Waals surface area contributed by atoms with E-state index >= 15 is 0 Å². The van der Waals surface area contributed by atoms with Crippen LogP contribution in [0.3, 0.4) is 0 Å². The van der Waals surface area contributed by atoms with Gasteiger partial charge in [-0.25, -0.2) is 14.8 Å². The van der Waals surface area contributed by atoms with Crippen LogP contribution in [0.1, 0.15) is 50.4 Å². The van der Waals surface area contributed by atoms with Gasteiger partial charge in [0.2, 0.25) is 11.9 Å². The van der Waals surface area contributed by atoms with Gasteiger partial charge in [0.1, 0.15) is 5.60 Å². The number of amides is 3. The molecule has 3 aliphatic rings. The minimum Gasteiger partial charge on any atom is -0.444 e.